The molecule has 0 aromatic carbocycles. The van der Waals surface area contributed by atoms with Crippen molar-refractivity contribution in [2.24, 2.45) is 34.5 Å². The van der Waals surface area contributed by atoms with Crippen molar-refractivity contribution in [2.45, 2.75) is 65.2 Å². The molecular formula is C24H32O4. The molecule has 28 heavy (non-hydrogen) atoms. The van der Waals surface area contributed by atoms with Gasteiger partial charge < -0.3 is 4.74 Å². The molecule has 0 radical (unpaired) electrons. The number of fused-ring (bicyclic) bond motifs is 5. The second kappa shape index (κ2) is 6.96. The molecule has 0 saturated heterocycles. The quantitative estimate of drug-likeness (QED) is 0.531. The first-order valence-electron chi connectivity index (χ1n) is 10.9. The van der Waals surface area contributed by atoms with Crippen molar-refractivity contribution in [3.63, 3.8) is 0 Å². The van der Waals surface area contributed by atoms with Crippen molar-refractivity contribution in [3.8, 4) is 0 Å². The number of ether oxygens (including phenoxy) is 1. The van der Waals surface area contributed by atoms with E-state index < -0.39 is 5.97 Å². The molecule has 0 unspecified atom stereocenters. The third-order valence-electron chi connectivity index (χ3n) is 8.87. The zero-order valence-corrected chi connectivity index (χ0v) is 17.2. The number of allylic oxidation sites excluding steroid dienone is 1. The largest absolute Gasteiger partial charge is 0.455 e. The summed E-state index contributed by atoms with van der Waals surface area (Å²) in [6, 6.07) is 0. The predicted octanol–water partition coefficient (Wildman–Crippen LogP) is 4.43. The molecule has 0 aliphatic heterocycles. The van der Waals surface area contributed by atoms with Crippen LogP contribution in [0.2, 0.25) is 0 Å². The van der Waals surface area contributed by atoms with Gasteiger partial charge in [0.2, 0.25) is 0 Å². The Bertz CT molecular complexity index is 750. The molecule has 4 aliphatic rings. The van der Waals surface area contributed by atoms with Crippen LogP contribution in [0.5, 0.6) is 0 Å². The minimum absolute atomic E-state index is 0.00579. The number of carbonyl (C=O) groups is 3. The van der Waals surface area contributed by atoms with E-state index in [9.17, 15) is 14.4 Å². The highest BCUT2D eigenvalue weighted by molar-refractivity contribution is 5.91. The summed E-state index contributed by atoms with van der Waals surface area (Å²) in [4.78, 5) is 36.2. The average Bonchev–Trinajstić information content (AvgIpc) is 3.03. The first kappa shape index (κ1) is 19.6. The molecule has 0 aromatic heterocycles. The molecule has 4 aliphatic carbocycles. The topological polar surface area (TPSA) is 60.4 Å². The third-order valence-corrected chi connectivity index (χ3v) is 8.87. The van der Waals surface area contributed by atoms with E-state index in [1.807, 2.05) is 6.08 Å². The van der Waals surface area contributed by atoms with Crippen LogP contribution in [-0.2, 0) is 19.1 Å². The van der Waals surface area contributed by atoms with Gasteiger partial charge in [0.25, 0.3) is 0 Å². The number of ketones is 2. The normalized spacial score (nSPS) is 41.9. The van der Waals surface area contributed by atoms with Gasteiger partial charge in [0.1, 0.15) is 0 Å². The Kier molecular flexibility index (Phi) is 4.87. The molecule has 0 aromatic rings. The molecular weight excluding hydrogens is 352 g/mol. The van der Waals surface area contributed by atoms with Gasteiger partial charge in [-0.15, -0.1) is 0 Å². The lowest BCUT2D eigenvalue weighted by Crippen LogP contribution is -2.51. The summed E-state index contributed by atoms with van der Waals surface area (Å²) in [7, 11) is 0. The van der Waals surface area contributed by atoms with Gasteiger partial charge in [-0.05, 0) is 79.6 Å². The van der Waals surface area contributed by atoms with Crippen LogP contribution in [0.4, 0.5) is 0 Å². The van der Waals surface area contributed by atoms with Crippen molar-refractivity contribution in [1.29, 1.82) is 0 Å². The summed E-state index contributed by atoms with van der Waals surface area (Å²) in [5, 5.41) is 0. The van der Waals surface area contributed by atoms with Crippen LogP contribution in [0.15, 0.2) is 24.3 Å². The molecule has 0 spiro atoms. The van der Waals surface area contributed by atoms with Crippen molar-refractivity contribution in [1.82, 2.24) is 0 Å². The monoisotopic (exact) mass is 384 g/mol. The van der Waals surface area contributed by atoms with E-state index in [2.05, 4.69) is 20.4 Å². The van der Waals surface area contributed by atoms with Gasteiger partial charge in [0.05, 0.1) is 0 Å². The van der Waals surface area contributed by atoms with Crippen molar-refractivity contribution in [2.75, 3.05) is 6.61 Å². The molecule has 6 atom stereocenters. The lowest BCUT2D eigenvalue weighted by molar-refractivity contribution is -0.147. The van der Waals surface area contributed by atoms with E-state index in [1.165, 1.54) is 5.57 Å². The molecule has 152 valence electrons. The molecule has 4 rings (SSSR count). The smallest absolute Gasteiger partial charge is 0.330 e. The number of esters is 1. The maximum Gasteiger partial charge on any atom is 0.330 e. The zero-order valence-electron chi connectivity index (χ0n) is 17.2. The Morgan fingerprint density at radius 1 is 1.14 bits per heavy atom. The summed E-state index contributed by atoms with van der Waals surface area (Å²) in [6.45, 7) is 7.96. The van der Waals surface area contributed by atoms with Gasteiger partial charge in [-0.2, -0.15) is 0 Å². The standard InChI is InChI=1S/C24H32O4/c1-4-22(27)28-14-21(26)20-8-7-18-17-6-5-15-13-16(25)9-11-23(15,2)19(17)10-12-24(18,20)3/h4,13,17-20H,1,5-12,14H2,2-3H3/t17-,18-,19-,20+,23-,24-/m0/s1. The number of hydrogen-bond acceptors (Lipinski definition) is 4. The molecule has 0 amide bonds. The summed E-state index contributed by atoms with van der Waals surface area (Å²) in [6.07, 6.45) is 11.1. The van der Waals surface area contributed by atoms with Gasteiger partial charge in [-0.25, -0.2) is 4.79 Å². The Hall–Kier alpha value is -1.71. The second-order valence-corrected chi connectivity index (χ2v) is 9.92. The van der Waals surface area contributed by atoms with E-state index in [0.717, 1.165) is 51.0 Å². The van der Waals surface area contributed by atoms with Crippen LogP contribution in [0.3, 0.4) is 0 Å². The van der Waals surface area contributed by atoms with Gasteiger partial charge in [0.15, 0.2) is 18.2 Å². The molecule has 0 bridgehead atoms. The summed E-state index contributed by atoms with van der Waals surface area (Å²) < 4.78 is 5.05. The lowest BCUT2D eigenvalue weighted by Gasteiger charge is -2.58. The molecule has 3 saturated carbocycles. The Balaban J connectivity index is 1.53. The SMILES string of the molecule is C=CC(=O)OCC(=O)[C@H]1CC[C@H]2[C@@H]3CCC4=CC(=O)CC[C@]4(C)[C@H]3CC[C@]12C. The molecule has 4 heteroatoms. The second-order valence-electron chi connectivity index (χ2n) is 9.92. The van der Waals surface area contributed by atoms with E-state index in [4.69, 9.17) is 4.74 Å². The van der Waals surface area contributed by atoms with Gasteiger partial charge >= 0.3 is 5.97 Å². The first-order chi connectivity index (χ1) is 13.3. The van der Waals surface area contributed by atoms with E-state index in [-0.39, 0.29) is 29.1 Å². The van der Waals surface area contributed by atoms with Crippen molar-refractivity contribution < 1.29 is 19.1 Å². The highest BCUT2D eigenvalue weighted by Gasteiger charge is 2.60. The van der Waals surface area contributed by atoms with E-state index in [0.29, 0.717) is 30.0 Å². The van der Waals surface area contributed by atoms with Crippen LogP contribution in [-0.4, -0.2) is 24.1 Å². The molecule has 4 nitrogen and oxygen atoms in total. The Morgan fingerprint density at radius 3 is 2.68 bits per heavy atom. The number of rotatable bonds is 4. The highest BCUT2D eigenvalue weighted by Crippen LogP contribution is 2.66. The maximum atomic E-state index is 12.9. The van der Waals surface area contributed by atoms with Gasteiger partial charge in [-0.3, -0.25) is 9.59 Å². The summed E-state index contributed by atoms with van der Waals surface area (Å²) in [5.41, 5.74) is 1.57. The van der Waals surface area contributed by atoms with E-state index in [1.54, 1.807) is 0 Å². The zero-order chi connectivity index (χ0) is 20.1. The van der Waals surface area contributed by atoms with Crippen molar-refractivity contribution in [3.05, 3.63) is 24.3 Å². The molecule has 0 N–H and O–H groups in total. The number of Topliss-reactive ketones (excluding diaryl/α,β-unsaturated/α-hetero) is 1. The predicted molar refractivity (Wildman–Crippen MR) is 106 cm³/mol. The Labute approximate surface area is 167 Å². The molecule has 0 heterocycles. The van der Waals surface area contributed by atoms with Crippen LogP contribution in [0.1, 0.15) is 65.2 Å². The number of carbonyl (C=O) groups excluding carboxylic acids is 3. The van der Waals surface area contributed by atoms with Crippen LogP contribution in [0, 0.1) is 34.5 Å². The maximum absolute atomic E-state index is 12.9. The van der Waals surface area contributed by atoms with E-state index >= 15 is 0 Å². The Morgan fingerprint density at radius 2 is 1.93 bits per heavy atom. The summed E-state index contributed by atoms with van der Waals surface area (Å²) in [5.74, 6) is 1.67. The third kappa shape index (κ3) is 2.91. The van der Waals surface area contributed by atoms with Crippen LogP contribution >= 0.6 is 0 Å². The fourth-order valence-corrected chi connectivity index (χ4v) is 7.39. The fourth-order valence-electron chi connectivity index (χ4n) is 7.39. The highest BCUT2D eigenvalue weighted by atomic mass is 16.5. The minimum Gasteiger partial charge on any atom is -0.455 e. The molecule has 3 fully saturated rings. The average molecular weight is 385 g/mol. The summed E-state index contributed by atoms with van der Waals surface area (Å²) >= 11 is 0. The van der Waals surface area contributed by atoms with Crippen molar-refractivity contribution >= 4 is 17.5 Å². The van der Waals surface area contributed by atoms with Crippen LogP contribution < -0.4 is 0 Å². The number of hydrogen-bond donors (Lipinski definition) is 0. The first-order valence-corrected chi connectivity index (χ1v) is 10.9. The van der Waals surface area contributed by atoms with Gasteiger partial charge in [-0.1, -0.05) is 26.0 Å². The lowest BCUT2D eigenvalue weighted by atomic mass is 9.46. The minimum atomic E-state index is -0.525. The van der Waals surface area contributed by atoms with Crippen LogP contribution in [0.25, 0.3) is 0 Å². The fraction of sp³-hybridized carbons (Fsp3) is 0.708. The van der Waals surface area contributed by atoms with Gasteiger partial charge in [0, 0.05) is 18.4 Å².